The summed E-state index contributed by atoms with van der Waals surface area (Å²) in [5, 5.41) is 2.16. The monoisotopic (exact) mass is 466 g/mol. The maximum atomic E-state index is 13.6. The predicted octanol–water partition coefficient (Wildman–Crippen LogP) is 5.60. The molecule has 1 atom stereocenters. The average molecular weight is 467 g/mol. The number of carbonyl (C=O) groups excluding carboxylic acids is 1. The van der Waals surface area contributed by atoms with Crippen molar-refractivity contribution in [2.24, 2.45) is 0 Å². The van der Waals surface area contributed by atoms with Gasteiger partial charge in [-0.1, -0.05) is 86.5 Å². The first-order valence-electron chi connectivity index (χ1n) is 12.8. The Morgan fingerprint density at radius 3 is 2.60 bits per heavy atom. The molecule has 0 unspecified atom stereocenters. The highest BCUT2D eigenvalue weighted by Gasteiger charge is 2.30. The number of hydrogen-bond acceptors (Lipinski definition) is 3. The minimum atomic E-state index is 0.150. The summed E-state index contributed by atoms with van der Waals surface area (Å²) in [6, 6.07) is 25.1. The Bertz CT molecular complexity index is 1260. The second-order valence-electron chi connectivity index (χ2n) is 9.54. The third kappa shape index (κ3) is 5.30. The van der Waals surface area contributed by atoms with Crippen LogP contribution in [-0.2, 0) is 13.1 Å². The maximum Gasteiger partial charge on any atom is 0.254 e. The van der Waals surface area contributed by atoms with Crippen LogP contribution in [0.5, 0.6) is 0 Å². The molecule has 2 heterocycles. The number of benzene rings is 3. The molecular formula is C30H34N4O. The molecule has 1 saturated heterocycles. The third-order valence-electron chi connectivity index (χ3n) is 7.16. The lowest BCUT2D eigenvalue weighted by Crippen LogP contribution is -2.54. The highest BCUT2D eigenvalue weighted by molar-refractivity contribution is 6.07. The van der Waals surface area contributed by atoms with Crippen LogP contribution in [0.4, 0.5) is 0 Å². The van der Waals surface area contributed by atoms with Crippen molar-refractivity contribution in [3.05, 3.63) is 102 Å². The second kappa shape index (κ2) is 10.9. The van der Waals surface area contributed by atoms with Gasteiger partial charge >= 0.3 is 0 Å². The van der Waals surface area contributed by atoms with Crippen LogP contribution in [-0.4, -0.2) is 50.9 Å². The van der Waals surface area contributed by atoms with Crippen LogP contribution in [0.15, 0.2) is 85.3 Å². The van der Waals surface area contributed by atoms with E-state index in [1.54, 1.807) is 0 Å². The molecule has 0 radical (unpaired) electrons. The van der Waals surface area contributed by atoms with Crippen LogP contribution >= 0.6 is 0 Å². The smallest absolute Gasteiger partial charge is 0.254 e. The molecule has 35 heavy (non-hydrogen) atoms. The first-order valence-corrected chi connectivity index (χ1v) is 12.8. The van der Waals surface area contributed by atoms with E-state index in [0.29, 0.717) is 6.04 Å². The Balaban J connectivity index is 1.32. The van der Waals surface area contributed by atoms with Crippen LogP contribution in [0.1, 0.15) is 47.8 Å². The lowest BCUT2D eigenvalue weighted by atomic mass is 10.0. The predicted molar refractivity (Wildman–Crippen MR) is 141 cm³/mol. The van der Waals surface area contributed by atoms with Gasteiger partial charge in [-0.05, 0) is 28.8 Å². The summed E-state index contributed by atoms with van der Waals surface area (Å²) in [4.78, 5) is 22.7. The fourth-order valence-corrected chi connectivity index (χ4v) is 5.19. The molecule has 1 aliphatic heterocycles. The molecule has 4 aromatic rings. The molecule has 180 valence electrons. The van der Waals surface area contributed by atoms with E-state index in [2.05, 4.69) is 74.8 Å². The lowest BCUT2D eigenvalue weighted by Gasteiger charge is -2.41. The Hall–Kier alpha value is -3.44. The van der Waals surface area contributed by atoms with Crippen LogP contribution in [0, 0.1) is 0 Å². The normalized spacial score (nSPS) is 16.6. The summed E-state index contributed by atoms with van der Waals surface area (Å²) in [6.45, 7) is 6.32. The minimum Gasteiger partial charge on any atom is -0.336 e. The van der Waals surface area contributed by atoms with Gasteiger partial charge < -0.3 is 9.47 Å². The van der Waals surface area contributed by atoms with Crippen molar-refractivity contribution in [3.63, 3.8) is 0 Å². The zero-order chi connectivity index (χ0) is 24.0. The van der Waals surface area contributed by atoms with E-state index < -0.39 is 0 Å². The third-order valence-corrected chi connectivity index (χ3v) is 7.16. The number of nitrogens with zero attached hydrogens (tertiary/aromatic N) is 4. The van der Waals surface area contributed by atoms with Crippen molar-refractivity contribution in [3.8, 4) is 0 Å². The highest BCUT2D eigenvalue weighted by Crippen LogP contribution is 2.24. The quantitative estimate of drug-likeness (QED) is 0.339. The Kier molecular flexibility index (Phi) is 7.24. The largest absolute Gasteiger partial charge is 0.336 e. The number of amides is 1. The van der Waals surface area contributed by atoms with Gasteiger partial charge in [0.15, 0.2) is 0 Å². The Labute approximate surface area is 208 Å². The fourth-order valence-electron chi connectivity index (χ4n) is 5.19. The first kappa shape index (κ1) is 23.3. The number of fused-ring (bicyclic) bond motifs is 1. The van der Waals surface area contributed by atoms with Gasteiger partial charge in [0.2, 0.25) is 0 Å². The summed E-state index contributed by atoms with van der Waals surface area (Å²) in [7, 11) is 0. The van der Waals surface area contributed by atoms with Crippen molar-refractivity contribution in [2.75, 3.05) is 19.6 Å². The van der Waals surface area contributed by atoms with Crippen LogP contribution < -0.4 is 0 Å². The molecule has 3 aromatic carbocycles. The van der Waals surface area contributed by atoms with E-state index in [4.69, 9.17) is 0 Å². The molecule has 0 saturated carbocycles. The van der Waals surface area contributed by atoms with Crippen molar-refractivity contribution in [1.82, 2.24) is 19.4 Å². The molecule has 0 aliphatic carbocycles. The van der Waals surface area contributed by atoms with E-state index in [9.17, 15) is 4.79 Å². The number of unbranched alkanes of at least 4 members (excludes halogenated alkanes) is 1. The van der Waals surface area contributed by atoms with Crippen LogP contribution in [0.3, 0.4) is 0 Å². The topological polar surface area (TPSA) is 41.4 Å². The SMILES string of the molecule is CCCC[C@H]1CN(C(=O)c2cccc3ccccc23)CCN1Cc1cncn1Cc1ccccc1. The molecule has 1 amide bonds. The van der Waals surface area contributed by atoms with Crippen LogP contribution in [0.2, 0.25) is 0 Å². The second-order valence-corrected chi connectivity index (χ2v) is 9.54. The molecule has 1 aliphatic rings. The maximum absolute atomic E-state index is 13.6. The molecule has 5 nitrogen and oxygen atoms in total. The molecule has 1 aromatic heterocycles. The number of aromatic nitrogens is 2. The zero-order valence-corrected chi connectivity index (χ0v) is 20.5. The molecule has 0 bridgehead atoms. The van der Waals surface area contributed by atoms with Gasteiger partial charge in [0.25, 0.3) is 5.91 Å². The van der Waals surface area contributed by atoms with Gasteiger partial charge in [-0.15, -0.1) is 0 Å². The summed E-state index contributed by atoms with van der Waals surface area (Å²) < 4.78 is 2.25. The molecular weight excluding hydrogens is 432 g/mol. The van der Waals surface area contributed by atoms with E-state index in [-0.39, 0.29) is 5.91 Å². The number of hydrogen-bond donors (Lipinski definition) is 0. The Morgan fingerprint density at radius 2 is 1.74 bits per heavy atom. The van der Waals surface area contributed by atoms with Gasteiger partial charge in [0.05, 0.1) is 12.0 Å². The number of rotatable bonds is 8. The van der Waals surface area contributed by atoms with Gasteiger partial charge in [0, 0.05) is 50.5 Å². The van der Waals surface area contributed by atoms with E-state index in [0.717, 1.165) is 61.9 Å². The van der Waals surface area contributed by atoms with Crippen molar-refractivity contribution >= 4 is 16.7 Å². The van der Waals surface area contributed by atoms with E-state index >= 15 is 0 Å². The minimum absolute atomic E-state index is 0.150. The molecule has 0 N–H and O–H groups in total. The standard InChI is InChI=1S/C30H34N4O/c1-2-3-14-26-21-33(30(35)29-16-9-13-25-12-7-8-15-28(25)29)18-17-32(26)22-27-19-31-23-34(27)20-24-10-5-4-6-11-24/h4-13,15-16,19,23,26H,2-3,14,17-18,20-22H2,1H3/t26-/m0/s1. The van der Waals surface area contributed by atoms with Crippen molar-refractivity contribution in [2.45, 2.75) is 45.3 Å². The van der Waals surface area contributed by atoms with Gasteiger partial charge in [0.1, 0.15) is 0 Å². The zero-order valence-electron chi connectivity index (χ0n) is 20.5. The number of piperazine rings is 1. The molecule has 5 heteroatoms. The Morgan fingerprint density at radius 1 is 0.943 bits per heavy atom. The van der Waals surface area contributed by atoms with Gasteiger partial charge in [-0.3, -0.25) is 9.69 Å². The fraction of sp³-hybridized carbons (Fsp3) is 0.333. The van der Waals surface area contributed by atoms with E-state index in [1.807, 2.05) is 36.8 Å². The molecule has 1 fully saturated rings. The van der Waals surface area contributed by atoms with Crippen molar-refractivity contribution in [1.29, 1.82) is 0 Å². The molecule has 5 rings (SSSR count). The first-order chi connectivity index (χ1) is 17.2. The van der Waals surface area contributed by atoms with Crippen LogP contribution in [0.25, 0.3) is 10.8 Å². The highest BCUT2D eigenvalue weighted by atomic mass is 16.2. The number of carbonyl (C=O) groups is 1. The van der Waals surface area contributed by atoms with E-state index in [1.165, 1.54) is 17.7 Å². The lowest BCUT2D eigenvalue weighted by molar-refractivity contribution is 0.0429. The van der Waals surface area contributed by atoms with Gasteiger partial charge in [-0.25, -0.2) is 4.98 Å². The molecule has 0 spiro atoms. The average Bonchev–Trinajstić information content (AvgIpc) is 3.34. The van der Waals surface area contributed by atoms with Crippen molar-refractivity contribution < 1.29 is 4.79 Å². The summed E-state index contributed by atoms with van der Waals surface area (Å²) >= 11 is 0. The van der Waals surface area contributed by atoms with Gasteiger partial charge in [-0.2, -0.15) is 0 Å². The number of imidazole rings is 1. The summed E-state index contributed by atoms with van der Waals surface area (Å²) in [5.74, 6) is 0.150. The summed E-state index contributed by atoms with van der Waals surface area (Å²) in [6.07, 6.45) is 7.36. The summed E-state index contributed by atoms with van der Waals surface area (Å²) in [5.41, 5.74) is 3.32.